The van der Waals surface area contributed by atoms with E-state index in [4.69, 9.17) is 42.1 Å². The standard InChI is InChI=1S/C54H59Cl2F2N7O10/c1-53(2,3)29-42-54(30-59,35-15-14-32(55)28-37(35)57)45(34-10-5-11-36(56)46(34)58)47(63-42)50(69)62-38-16-13-31(27-41(38)72-4)48(67)61-20-8-22-74-24-26-75-25-23-73-21-7-19-60-39-12-6-9-33-44(39)52(71)65(51(33)70)40-17-18-43(66)64-49(40)68/h5-6,9-16,27-28,40,42,45,47,60,63H,7-8,17-26,29H2,1-4H3,(H,61,67)(H,62,69)(H,64,66,68)/t40?,42?,45?,47-,54?/m0/s1. The maximum absolute atomic E-state index is 16.1. The van der Waals surface area contributed by atoms with E-state index in [9.17, 15) is 34.0 Å². The Morgan fingerprint density at radius 3 is 2.23 bits per heavy atom. The molecule has 6 amide bonds. The normalized spacial score (nSPS) is 20.4. The lowest BCUT2D eigenvalue weighted by Crippen LogP contribution is -2.54. The highest BCUT2D eigenvalue weighted by atomic mass is 35.5. The van der Waals surface area contributed by atoms with Crippen LogP contribution in [0.5, 0.6) is 5.75 Å². The van der Waals surface area contributed by atoms with Gasteiger partial charge in [0.1, 0.15) is 28.8 Å². The molecular weight excluding hydrogens is 1020 g/mol. The Balaban J connectivity index is 0.828. The molecule has 3 aliphatic heterocycles. The number of piperidine rings is 1. The Morgan fingerprint density at radius 2 is 1.56 bits per heavy atom. The largest absolute Gasteiger partial charge is 0.495 e. The Kier molecular flexibility index (Phi) is 18.6. The lowest BCUT2D eigenvalue weighted by molar-refractivity contribution is -0.136. The number of imide groups is 2. The van der Waals surface area contributed by atoms with Gasteiger partial charge in [-0.05, 0) is 85.2 Å². The first-order valence-electron chi connectivity index (χ1n) is 24.6. The monoisotopic (exact) mass is 1070 g/mol. The summed E-state index contributed by atoms with van der Waals surface area (Å²) >= 11 is 12.4. The number of carbonyl (C=O) groups is 6. The van der Waals surface area contributed by atoms with E-state index >= 15 is 8.78 Å². The van der Waals surface area contributed by atoms with E-state index in [1.165, 1.54) is 61.7 Å². The second-order valence-corrected chi connectivity index (χ2v) is 20.3. The predicted molar refractivity (Wildman–Crippen MR) is 275 cm³/mol. The van der Waals surface area contributed by atoms with Crippen LogP contribution in [0.1, 0.15) is 101 Å². The number of rotatable bonds is 23. The van der Waals surface area contributed by atoms with Gasteiger partial charge in [-0.25, -0.2) is 8.78 Å². The molecule has 0 bridgehead atoms. The number of anilines is 2. The van der Waals surface area contributed by atoms with Crippen LogP contribution in [0.25, 0.3) is 0 Å². The zero-order valence-corrected chi connectivity index (χ0v) is 43.4. The van der Waals surface area contributed by atoms with Crippen LogP contribution in [0.2, 0.25) is 10.0 Å². The van der Waals surface area contributed by atoms with E-state index < -0.39 is 82.0 Å². The summed E-state index contributed by atoms with van der Waals surface area (Å²) < 4.78 is 54.7. The molecule has 4 aromatic carbocycles. The fraction of sp³-hybridized carbons (Fsp3) is 0.426. The Morgan fingerprint density at radius 1 is 0.867 bits per heavy atom. The molecule has 5 atom stereocenters. The number of carbonyl (C=O) groups excluding carboxylic acids is 6. The van der Waals surface area contributed by atoms with Crippen molar-refractivity contribution in [1.29, 1.82) is 5.26 Å². The van der Waals surface area contributed by atoms with E-state index in [-0.39, 0.29) is 68.6 Å². The Bertz CT molecular complexity index is 2860. The minimum Gasteiger partial charge on any atom is -0.495 e. The van der Waals surface area contributed by atoms with Crippen LogP contribution >= 0.6 is 23.2 Å². The molecule has 0 radical (unpaired) electrons. The summed E-state index contributed by atoms with van der Waals surface area (Å²) in [6.07, 6.45) is 1.50. The van der Waals surface area contributed by atoms with Gasteiger partial charge in [-0.3, -0.25) is 39.0 Å². The number of hydrogen-bond acceptors (Lipinski definition) is 13. The molecule has 2 fully saturated rings. The fourth-order valence-corrected chi connectivity index (χ4v) is 10.1. The number of fused-ring (bicyclic) bond motifs is 1. The molecule has 4 unspecified atom stereocenters. The van der Waals surface area contributed by atoms with E-state index in [2.05, 4.69) is 32.7 Å². The van der Waals surface area contributed by atoms with Crippen LogP contribution in [0.15, 0.2) is 72.8 Å². The quantitative estimate of drug-likeness (QED) is 0.0363. The SMILES string of the molecule is COc1cc(C(=O)NCCCOCCOCCOCCCNc2cccc3c2C(=O)N(C2CCC(=O)NC2=O)C3=O)ccc1NC(=O)[C@H]1NC(CC(C)(C)C)C(C#N)(c2ccc(Cl)cc2F)C1c1cccc(Cl)c1F. The molecule has 75 heavy (non-hydrogen) atoms. The van der Waals surface area contributed by atoms with Crippen LogP contribution in [0.4, 0.5) is 20.2 Å². The molecule has 3 aliphatic rings. The predicted octanol–water partition coefficient (Wildman–Crippen LogP) is 7.31. The first kappa shape index (κ1) is 56.2. The van der Waals surface area contributed by atoms with Gasteiger partial charge in [0.15, 0.2) is 0 Å². The van der Waals surface area contributed by atoms with Crippen molar-refractivity contribution in [2.75, 3.05) is 70.5 Å². The number of nitrogens with one attached hydrogen (secondary N) is 5. The van der Waals surface area contributed by atoms with Crippen LogP contribution in [0.3, 0.4) is 0 Å². The summed E-state index contributed by atoms with van der Waals surface area (Å²) in [5.74, 6) is -6.09. The van der Waals surface area contributed by atoms with Gasteiger partial charge < -0.3 is 40.2 Å². The van der Waals surface area contributed by atoms with Gasteiger partial charge in [0.2, 0.25) is 17.7 Å². The molecule has 0 aliphatic carbocycles. The van der Waals surface area contributed by atoms with Crippen molar-refractivity contribution in [1.82, 2.24) is 20.9 Å². The van der Waals surface area contributed by atoms with Gasteiger partial charge in [-0.1, -0.05) is 68.2 Å². The summed E-state index contributed by atoms with van der Waals surface area (Å²) in [4.78, 5) is 79.0. The van der Waals surface area contributed by atoms with E-state index in [0.29, 0.717) is 71.3 Å². The third kappa shape index (κ3) is 12.8. The van der Waals surface area contributed by atoms with Gasteiger partial charge in [-0.15, -0.1) is 0 Å². The van der Waals surface area contributed by atoms with Crippen LogP contribution in [-0.2, 0) is 34.0 Å². The summed E-state index contributed by atoms with van der Waals surface area (Å²) in [6.45, 7) is 8.66. The van der Waals surface area contributed by atoms with Crippen LogP contribution in [-0.4, -0.2) is 118 Å². The van der Waals surface area contributed by atoms with Crippen molar-refractivity contribution < 1.29 is 56.5 Å². The summed E-state index contributed by atoms with van der Waals surface area (Å²) in [5, 5.41) is 25.4. The Labute approximate surface area is 443 Å². The Hall–Kier alpha value is -6.53. The maximum Gasteiger partial charge on any atom is 0.264 e. The topological polar surface area (TPSA) is 227 Å². The number of benzene rings is 4. The summed E-state index contributed by atoms with van der Waals surface area (Å²) in [6, 6.07) is 16.7. The van der Waals surface area contributed by atoms with Crippen molar-refractivity contribution in [3.05, 3.63) is 122 Å². The van der Waals surface area contributed by atoms with Gasteiger partial charge in [0, 0.05) is 66.5 Å². The van der Waals surface area contributed by atoms with Gasteiger partial charge in [0.05, 0.1) is 67.5 Å². The smallest absolute Gasteiger partial charge is 0.264 e. The highest BCUT2D eigenvalue weighted by Gasteiger charge is 2.61. The van der Waals surface area contributed by atoms with Crippen molar-refractivity contribution in [2.45, 2.75) is 82.3 Å². The fourth-order valence-electron chi connectivity index (χ4n) is 9.78. The van der Waals surface area contributed by atoms with Gasteiger partial charge in [-0.2, -0.15) is 5.26 Å². The van der Waals surface area contributed by atoms with Crippen LogP contribution < -0.4 is 31.3 Å². The number of hydrogen-bond donors (Lipinski definition) is 5. The average Bonchev–Trinajstić information content (AvgIpc) is 3.86. The van der Waals surface area contributed by atoms with Crippen LogP contribution in [0, 0.1) is 28.4 Å². The lowest BCUT2D eigenvalue weighted by atomic mass is 9.62. The van der Waals surface area contributed by atoms with Gasteiger partial charge in [0.25, 0.3) is 17.7 Å². The summed E-state index contributed by atoms with van der Waals surface area (Å²) in [5.41, 5.74) is -1.06. The average molecular weight is 1080 g/mol. The van der Waals surface area contributed by atoms with Crippen molar-refractivity contribution >= 4 is 70.0 Å². The molecule has 4 aromatic rings. The molecule has 17 nitrogen and oxygen atoms in total. The molecule has 3 heterocycles. The van der Waals surface area contributed by atoms with E-state index in [0.717, 1.165) is 11.0 Å². The highest BCUT2D eigenvalue weighted by Crippen LogP contribution is 2.53. The molecule has 0 saturated carbocycles. The number of nitriles is 1. The number of nitrogens with zero attached hydrogens (tertiary/aromatic N) is 2. The molecule has 2 saturated heterocycles. The zero-order chi connectivity index (χ0) is 54.0. The molecule has 7 rings (SSSR count). The zero-order valence-electron chi connectivity index (χ0n) is 41.9. The number of halogens is 4. The first-order chi connectivity index (χ1) is 35.9. The van der Waals surface area contributed by atoms with Crippen molar-refractivity contribution in [3.63, 3.8) is 0 Å². The number of ether oxygens (including phenoxy) is 4. The first-order valence-corrected chi connectivity index (χ1v) is 25.3. The highest BCUT2D eigenvalue weighted by molar-refractivity contribution is 6.31. The minimum absolute atomic E-state index is 0.0405. The molecular formula is C54H59Cl2F2N7O10. The third-order valence-electron chi connectivity index (χ3n) is 13.2. The third-order valence-corrected chi connectivity index (χ3v) is 13.7. The minimum atomic E-state index is -1.82. The number of methoxy groups -OCH3 is 1. The molecule has 0 aromatic heterocycles. The maximum atomic E-state index is 16.1. The lowest BCUT2D eigenvalue weighted by Gasteiger charge is -2.37. The molecule has 21 heteroatoms. The van der Waals surface area contributed by atoms with Crippen molar-refractivity contribution in [3.8, 4) is 11.8 Å². The van der Waals surface area contributed by atoms with Gasteiger partial charge >= 0.3 is 0 Å². The van der Waals surface area contributed by atoms with E-state index in [1.807, 2.05) is 20.8 Å². The van der Waals surface area contributed by atoms with E-state index in [1.54, 1.807) is 12.1 Å². The second-order valence-electron chi connectivity index (χ2n) is 19.5. The molecule has 0 spiro atoms. The number of amides is 6. The second kappa shape index (κ2) is 24.9. The van der Waals surface area contributed by atoms with Crippen molar-refractivity contribution in [2.24, 2.45) is 5.41 Å². The molecule has 398 valence electrons. The molecule has 5 N–H and O–H groups in total. The summed E-state index contributed by atoms with van der Waals surface area (Å²) in [7, 11) is 1.37.